The zero-order valence-corrected chi connectivity index (χ0v) is 21.8. The summed E-state index contributed by atoms with van der Waals surface area (Å²) in [5.74, 6) is 2.63. The average molecular weight is 533 g/mol. The maximum absolute atomic E-state index is 12.8. The molecule has 1 amide bonds. The number of aromatic nitrogens is 2. The van der Waals surface area contributed by atoms with Crippen LogP contribution in [-0.4, -0.2) is 29.7 Å². The molecular weight excluding hydrogens is 508 g/mol. The number of hydrogen-bond acceptors (Lipinski definition) is 7. The maximum Gasteiger partial charge on any atom is 0.251 e. The van der Waals surface area contributed by atoms with E-state index in [0.717, 1.165) is 22.7 Å². The number of rotatable bonds is 9. The summed E-state index contributed by atoms with van der Waals surface area (Å²) in [5.41, 5.74) is 3.70. The number of hydrogen-bond donors (Lipinski definition) is 1. The van der Waals surface area contributed by atoms with E-state index < -0.39 is 0 Å². The van der Waals surface area contributed by atoms with E-state index in [0.29, 0.717) is 40.5 Å². The Hall–Kier alpha value is -3.75. The van der Waals surface area contributed by atoms with E-state index in [4.69, 9.17) is 21.1 Å². The van der Waals surface area contributed by atoms with E-state index in [1.807, 2.05) is 66.5 Å². The van der Waals surface area contributed by atoms with Gasteiger partial charge in [-0.05, 0) is 41.0 Å². The van der Waals surface area contributed by atoms with Gasteiger partial charge in [0.05, 0.1) is 0 Å². The molecule has 0 aliphatic carbocycles. The lowest BCUT2D eigenvalue weighted by molar-refractivity contribution is 0.0950. The first-order valence-corrected chi connectivity index (χ1v) is 13.1. The van der Waals surface area contributed by atoms with Crippen LogP contribution in [0.4, 0.5) is 5.82 Å². The number of thioether (sulfide) groups is 1. The van der Waals surface area contributed by atoms with Crippen LogP contribution >= 0.6 is 23.4 Å². The summed E-state index contributed by atoms with van der Waals surface area (Å²) in [6, 6.07) is 25.1. The van der Waals surface area contributed by atoms with Crippen molar-refractivity contribution in [3.63, 3.8) is 0 Å². The third-order valence-electron chi connectivity index (χ3n) is 5.76. The van der Waals surface area contributed by atoms with Crippen LogP contribution in [0.5, 0.6) is 11.5 Å². The van der Waals surface area contributed by atoms with Crippen LogP contribution in [0.1, 0.15) is 27.0 Å². The molecule has 1 aliphatic heterocycles. The second-order valence-electron chi connectivity index (χ2n) is 8.53. The van der Waals surface area contributed by atoms with Crippen molar-refractivity contribution in [2.24, 2.45) is 0 Å². The molecule has 3 aromatic carbocycles. The fourth-order valence-corrected chi connectivity index (χ4v) is 4.89. The highest BCUT2D eigenvalue weighted by atomic mass is 35.5. The number of anilines is 1. The fraction of sp³-hybridized carbons (Fsp3) is 0.179. The number of halogens is 1. The van der Waals surface area contributed by atoms with Gasteiger partial charge in [0, 0.05) is 37.5 Å². The Kier molecular flexibility index (Phi) is 7.77. The second-order valence-corrected chi connectivity index (χ2v) is 9.86. The highest BCUT2D eigenvalue weighted by Gasteiger charge is 2.14. The zero-order chi connectivity index (χ0) is 25.6. The van der Waals surface area contributed by atoms with Gasteiger partial charge in [0.2, 0.25) is 6.79 Å². The lowest BCUT2D eigenvalue weighted by atomic mass is 10.1. The molecule has 0 saturated carbocycles. The van der Waals surface area contributed by atoms with E-state index in [-0.39, 0.29) is 12.7 Å². The molecule has 0 spiro atoms. The number of carbonyl (C=O) groups is 1. The van der Waals surface area contributed by atoms with Crippen molar-refractivity contribution >= 4 is 35.1 Å². The van der Waals surface area contributed by atoms with Crippen molar-refractivity contribution in [2.45, 2.75) is 24.0 Å². The van der Waals surface area contributed by atoms with Gasteiger partial charge in [-0.1, -0.05) is 71.9 Å². The third kappa shape index (κ3) is 6.53. The van der Waals surface area contributed by atoms with E-state index in [1.165, 1.54) is 17.3 Å². The van der Waals surface area contributed by atoms with Crippen LogP contribution in [0, 0.1) is 0 Å². The molecule has 1 N–H and O–H groups in total. The Balaban J connectivity index is 1.19. The summed E-state index contributed by atoms with van der Waals surface area (Å²) in [4.78, 5) is 23.9. The van der Waals surface area contributed by atoms with Crippen molar-refractivity contribution in [1.82, 2.24) is 15.3 Å². The van der Waals surface area contributed by atoms with Gasteiger partial charge in [-0.3, -0.25) is 4.79 Å². The highest BCUT2D eigenvalue weighted by molar-refractivity contribution is 7.98. The van der Waals surface area contributed by atoms with Gasteiger partial charge in [-0.15, -0.1) is 0 Å². The van der Waals surface area contributed by atoms with Crippen molar-refractivity contribution in [3.8, 4) is 11.5 Å². The number of amides is 1. The van der Waals surface area contributed by atoms with Crippen LogP contribution < -0.4 is 19.7 Å². The summed E-state index contributed by atoms with van der Waals surface area (Å²) in [7, 11) is 1.98. The molecule has 7 nitrogen and oxygen atoms in total. The largest absolute Gasteiger partial charge is 0.454 e. The van der Waals surface area contributed by atoms with E-state index in [2.05, 4.69) is 27.4 Å². The fourth-order valence-electron chi connectivity index (χ4n) is 3.87. The zero-order valence-electron chi connectivity index (χ0n) is 20.2. The molecule has 0 saturated heterocycles. The van der Waals surface area contributed by atoms with Gasteiger partial charge < -0.3 is 19.7 Å². The van der Waals surface area contributed by atoms with Crippen molar-refractivity contribution in [3.05, 3.63) is 106 Å². The van der Waals surface area contributed by atoms with Crippen LogP contribution in [0.3, 0.4) is 0 Å². The number of fused-ring (bicyclic) bond motifs is 1. The van der Waals surface area contributed by atoms with Crippen LogP contribution in [-0.2, 0) is 18.8 Å². The molecule has 9 heteroatoms. The lowest BCUT2D eigenvalue weighted by Gasteiger charge is -2.19. The van der Waals surface area contributed by atoms with Gasteiger partial charge >= 0.3 is 0 Å². The Morgan fingerprint density at radius 1 is 0.946 bits per heavy atom. The molecule has 0 radical (unpaired) electrons. The predicted molar refractivity (Wildman–Crippen MR) is 145 cm³/mol. The molecule has 0 atom stereocenters. The minimum absolute atomic E-state index is 0.145. The van der Waals surface area contributed by atoms with Gasteiger partial charge in [-0.25, -0.2) is 9.97 Å². The standard InChI is InChI=1S/C28H25ClN4O3S/c1-33(16-19-6-3-2-4-7-19)26-14-25(29)31-28(32-26)37-17-21-8-5-9-22(12-21)27(34)30-15-20-10-11-23-24(13-20)36-18-35-23/h2-14H,15-18H2,1H3,(H,30,34). The molecule has 0 bridgehead atoms. The molecule has 0 fully saturated rings. The van der Waals surface area contributed by atoms with Gasteiger partial charge in [-0.2, -0.15) is 0 Å². The number of nitrogens with one attached hydrogen (secondary N) is 1. The number of nitrogens with zero attached hydrogens (tertiary/aromatic N) is 3. The molecule has 188 valence electrons. The highest BCUT2D eigenvalue weighted by Crippen LogP contribution is 2.32. The van der Waals surface area contributed by atoms with Crippen molar-refractivity contribution < 1.29 is 14.3 Å². The maximum atomic E-state index is 12.8. The van der Waals surface area contributed by atoms with Gasteiger partial charge in [0.25, 0.3) is 5.91 Å². The molecule has 1 aliphatic rings. The van der Waals surface area contributed by atoms with Crippen LogP contribution in [0.15, 0.2) is 84.0 Å². The van der Waals surface area contributed by atoms with E-state index in [9.17, 15) is 4.79 Å². The molecule has 37 heavy (non-hydrogen) atoms. The molecule has 5 rings (SSSR count). The Morgan fingerprint density at radius 3 is 2.62 bits per heavy atom. The number of carbonyl (C=O) groups excluding carboxylic acids is 1. The van der Waals surface area contributed by atoms with E-state index >= 15 is 0 Å². The normalized spacial score (nSPS) is 11.8. The van der Waals surface area contributed by atoms with Gasteiger partial charge in [0.15, 0.2) is 16.7 Å². The van der Waals surface area contributed by atoms with Crippen LogP contribution in [0.25, 0.3) is 0 Å². The first-order chi connectivity index (χ1) is 18.0. The summed E-state index contributed by atoms with van der Waals surface area (Å²) in [6.07, 6.45) is 0. The summed E-state index contributed by atoms with van der Waals surface area (Å²) < 4.78 is 10.7. The summed E-state index contributed by atoms with van der Waals surface area (Å²) >= 11 is 7.78. The summed E-state index contributed by atoms with van der Waals surface area (Å²) in [6.45, 7) is 1.33. The monoisotopic (exact) mass is 532 g/mol. The predicted octanol–water partition coefficient (Wildman–Crippen LogP) is 5.72. The first kappa shape index (κ1) is 24.9. The Bertz CT molecular complexity index is 1400. The SMILES string of the molecule is CN(Cc1ccccc1)c1cc(Cl)nc(SCc2cccc(C(=O)NCc3ccc4c(c3)OCO4)c2)n1. The Morgan fingerprint density at radius 2 is 1.76 bits per heavy atom. The molecule has 1 aromatic heterocycles. The molecule has 2 heterocycles. The molecule has 0 unspecified atom stereocenters. The minimum Gasteiger partial charge on any atom is -0.454 e. The number of ether oxygens (including phenoxy) is 2. The number of benzene rings is 3. The van der Waals surface area contributed by atoms with Crippen molar-refractivity contribution in [2.75, 3.05) is 18.7 Å². The minimum atomic E-state index is -0.145. The first-order valence-electron chi connectivity index (χ1n) is 11.7. The van der Waals surface area contributed by atoms with Gasteiger partial charge in [0.1, 0.15) is 11.0 Å². The second kappa shape index (κ2) is 11.5. The van der Waals surface area contributed by atoms with Crippen LogP contribution in [0.2, 0.25) is 5.15 Å². The topological polar surface area (TPSA) is 76.6 Å². The molecule has 4 aromatic rings. The quantitative estimate of drug-likeness (QED) is 0.168. The van der Waals surface area contributed by atoms with E-state index in [1.54, 1.807) is 12.1 Å². The summed E-state index contributed by atoms with van der Waals surface area (Å²) in [5, 5.41) is 3.94. The lowest BCUT2D eigenvalue weighted by Crippen LogP contribution is -2.22. The molecular formula is C28H25ClN4O3S. The Labute approximate surface area is 224 Å². The average Bonchev–Trinajstić information content (AvgIpc) is 3.39. The smallest absolute Gasteiger partial charge is 0.251 e. The van der Waals surface area contributed by atoms with Crippen molar-refractivity contribution in [1.29, 1.82) is 0 Å². The third-order valence-corrected chi connectivity index (χ3v) is 6.87.